The normalized spacial score (nSPS) is 10.1. The van der Waals surface area contributed by atoms with Crippen molar-refractivity contribution in [1.29, 1.82) is 0 Å². The number of anilines is 2. The molecule has 0 unspecified atom stereocenters. The van der Waals surface area contributed by atoms with Crippen molar-refractivity contribution in [2.75, 3.05) is 18.2 Å². The number of nitrogens with zero attached hydrogens (tertiary/aromatic N) is 1. The van der Waals surface area contributed by atoms with Crippen molar-refractivity contribution in [2.45, 2.75) is 6.54 Å². The molecular weight excluding hydrogens is 258 g/mol. The van der Waals surface area contributed by atoms with E-state index in [0.717, 1.165) is 11.3 Å². The van der Waals surface area contributed by atoms with Crippen LogP contribution in [0.5, 0.6) is 5.75 Å². The van der Waals surface area contributed by atoms with Gasteiger partial charge in [0.2, 0.25) is 0 Å². The van der Waals surface area contributed by atoms with Crippen molar-refractivity contribution < 1.29 is 14.6 Å². The van der Waals surface area contributed by atoms with Crippen molar-refractivity contribution in [3.63, 3.8) is 0 Å². The molecular formula is C14H15N3O3. The molecule has 4 N–H and O–H groups in total. The number of benzene rings is 1. The number of hydrogen-bond donors (Lipinski definition) is 3. The number of aromatic nitrogens is 1. The van der Waals surface area contributed by atoms with Crippen LogP contribution in [0.4, 0.5) is 11.5 Å². The molecule has 0 aliphatic carbocycles. The molecule has 0 aliphatic rings. The summed E-state index contributed by atoms with van der Waals surface area (Å²) in [6.45, 7) is 0.515. The fraction of sp³-hybridized carbons (Fsp3) is 0.143. The quantitative estimate of drug-likeness (QED) is 0.770. The highest BCUT2D eigenvalue weighted by Crippen LogP contribution is 2.18. The van der Waals surface area contributed by atoms with E-state index < -0.39 is 5.97 Å². The summed E-state index contributed by atoms with van der Waals surface area (Å²) in [7, 11) is 1.61. The van der Waals surface area contributed by atoms with Crippen LogP contribution in [0.15, 0.2) is 36.5 Å². The minimum atomic E-state index is -1.05. The van der Waals surface area contributed by atoms with E-state index in [1.807, 2.05) is 24.3 Å². The number of carbonyl (C=O) groups is 1. The second kappa shape index (κ2) is 5.92. The average Bonchev–Trinajstić information content (AvgIpc) is 2.46. The molecule has 0 saturated carbocycles. The molecule has 0 saturated heterocycles. The summed E-state index contributed by atoms with van der Waals surface area (Å²) >= 11 is 0. The van der Waals surface area contributed by atoms with Crippen molar-refractivity contribution in [2.24, 2.45) is 0 Å². The first-order valence-electron chi connectivity index (χ1n) is 5.96. The largest absolute Gasteiger partial charge is 0.497 e. The van der Waals surface area contributed by atoms with Crippen LogP contribution in [-0.4, -0.2) is 23.2 Å². The fourth-order valence-corrected chi connectivity index (χ4v) is 1.71. The van der Waals surface area contributed by atoms with Gasteiger partial charge in [-0.1, -0.05) is 12.1 Å². The number of nitrogens with two attached hydrogens (primary N) is 1. The number of hydrogen-bond acceptors (Lipinski definition) is 5. The molecule has 0 spiro atoms. The first kappa shape index (κ1) is 13.7. The number of nitrogen functional groups attached to an aromatic ring is 1. The van der Waals surface area contributed by atoms with Gasteiger partial charge < -0.3 is 20.9 Å². The molecule has 0 fully saturated rings. The van der Waals surface area contributed by atoms with Crippen LogP contribution in [0.1, 0.15) is 15.9 Å². The highest BCUT2D eigenvalue weighted by molar-refractivity contribution is 5.89. The molecule has 2 aromatic rings. The standard InChI is InChI=1S/C14H15N3O3/c1-20-11-4-2-3-9(5-11)7-16-13-12(15)6-10(8-17-13)14(18)19/h2-6,8H,7,15H2,1H3,(H,16,17)(H,18,19). The monoisotopic (exact) mass is 273 g/mol. The van der Waals surface area contributed by atoms with Gasteiger partial charge in [0.25, 0.3) is 0 Å². The maximum Gasteiger partial charge on any atom is 0.337 e. The molecule has 104 valence electrons. The van der Waals surface area contributed by atoms with Gasteiger partial charge in [-0.05, 0) is 23.8 Å². The minimum Gasteiger partial charge on any atom is -0.497 e. The Morgan fingerprint density at radius 2 is 2.25 bits per heavy atom. The summed E-state index contributed by atoms with van der Waals surface area (Å²) in [6, 6.07) is 8.97. The molecule has 6 heteroatoms. The maximum absolute atomic E-state index is 10.8. The van der Waals surface area contributed by atoms with Crippen LogP contribution in [-0.2, 0) is 6.54 Å². The van der Waals surface area contributed by atoms with Gasteiger partial charge in [0.05, 0.1) is 18.4 Å². The molecule has 0 radical (unpaired) electrons. The highest BCUT2D eigenvalue weighted by atomic mass is 16.5. The van der Waals surface area contributed by atoms with Crippen LogP contribution in [0, 0.1) is 0 Å². The van der Waals surface area contributed by atoms with E-state index >= 15 is 0 Å². The van der Waals surface area contributed by atoms with Crippen LogP contribution in [0.25, 0.3) is 0 Å². The summed E-state index contributed by atoms with van der Waals surface area (Å²) in [6.07, 6.45) is 1.27. The summed E-state index contributed by atoms with van der Waals surface area (Å²) in [5, 5.41) is 11.9. The predicted octanol–water partition coefficient (Wildman–Crippen LogP) is 1.98. The topological polar surface area (TPSA) is 97.5 Å². The number of carboxylic acid groups (broad SMARTS) is 1. The molecule has 20 heavy (non-hydrogen) atoms. The van der Waals surface area contributed by atoms with Crippen LogP contribution < -0.4 is 15.8 Å². The third-order valence-electron chi connectivity index (χ3n) is 2.76. The number of nitrogens with one attached hydrogen (secondary N) is 1. The number of carboxylic acids is 1. The van der Waals surface area contributed by atoms with Gasteiger partial charge in [-0.2, -0.15) is 0 Å². The zero-order chi connectivity index (χ0) is 14.5. The molecule has 0 bridgehead atoms. The number of ether oxygens (including phenoxy) is 1. The van der Waals surface area contributed by atoms with Gasteiger partial charge in [0.1, 0.15) is 11.6 Å². The van der Waals surface area contributed by atoms with Gasteiger partial charge in [0.15, 0.2) is 0 Å². The van der Waals surface area contributed by atoms with E-state index in [0.29, 0.717) is 18.1 Å². The number of pyridine rings is 1. The van der Waals surface area contributed by atoms with Crippen LogP contribution >= 0.6 is 0 Å². The Bertz CT molecular complexity index is 629. The molecule has 2 rings (SSSR count). The lowest BCUT2D eigenvalue weighted by atomic mass is 10.2. The molecule has 1 aromatic carbocycles. The lowest BCUT2D eigenvalue weighted by molar-refractivity contribution is 0.0696. The molecule has 0 aliphatic heterocycles. The molecule has 0 atom stereocenters. The van der Waals surface area contributed by atoms with Crippen LogP contribution in [0.2, 0.25) is 0 Å². The summed E-state index contributed by atoms with van der Waals surface area (Å²) < 4.78 is 5.14. The van der Waals surface area contributed by atoms with E-state index in [4.69, 9.17) is 15.6 Å². The highest BCUT2D eigenvalue weighted by Gasteiger charge is 2.07. The second-order valence-corrected chi connectivity index (χ2v) is 4.17. The Hall–Kier alpha value is -2.76. The Morgan fingerprint density at radius 3 is 2.90 bits per heavy atom. The van der Waals surface area contributed by atoms with E-state index in [1.165, 1.54) is 12.3 Å². The van der Waals surface area contributed by atoms with Crippen molar-refractivity contribution >= 4 is 17.5 Å². The van der Waals surface area contributed by atoms with Gasteiger partial charge in [-0.15, -0.1) is 0 Å². The summed E-state index contributed by atoms with van der Waals surface area (Å²) in [5.74, 6) is 0.174. The smallest absolute Gasteiger partial charge is 0.337 e. The van der Waals surface area contributed by atoms with Gasteiger partial charge in [-0.3, -0.25) is 0 Å². The van der Waals surface area contributed by atoms with E-state index in [1.54, 1.807) is 7.11 Å². The lowest BCUT2D eigenvalue weighted by Gasteiger charge is -2.09. The van der Waals surface area contributed by atoms with Gasteiger partial charge in [0, 0.05) is 12.7 Å². The Labute approximate surface area is 116 Å². The summed E-state index contributed by atoms with van der Waals surface area (Å²) in [5.41, 5.74) is 7.14. The van der Waals surface area contributed by atoms with Crippen molar-refractivity contribution in [3.05, 3.63) is 47.7 Å². The minimum absolute atomic E-state index is 0.0643. The second-order valence-electron chi connectivity index (χ2n) is 4.17. The van der Waals surface area contributed by atoms with Gasteiger partial charge in [-0.25, -0.2) is 9.78 Å². The molecule has 1 heterocycles. The lowest BCUT2D eigenvalue weighted by Crippen LogP contribution is -2.07. The third-order valence-corrected chi connectivity index (χ3v) is 2.76. The first-order valence-corrected chi connectivity index (χ1v) is 5.96. The molecule has 6 nitrogen and oxygen atoms in total. The SMILES string of the molecule is COc1cccc(CNc2ncc(C(=O)O)cc2N)c1. The van der Waals surface area contributed by atoms with E-state index in [9.17, 15) is 4.79 Å². The van der Waals surface area contributed by atoms with E-state index in [-0.39, 0.29) is 5.56 Å². The van der Waals surface area contributed by atoms with Crippen LogP contribution in [0.3, 0.4) is 0 Å². The maximum atomic E-state index is 10.8. The first-order chi connectivity index (χ1) is 9.60. The number of rotatable bonds is 5. The van der Waals surface area contributed by atoms with E-state index in [2.05, 4.69) is 10.3 Å². The Balaban J connectivity index is 2.08. The molecule has 0 amide bonds. The fourth-order valence-electron chi connectivity index (χ4n) is 1.71. The van der Waals surface area contributed by atoms with Crippen molar-refractivity contribution in [3.8, 4) is 5.75 Å². The Morgan fingerprint density at radius 1 is 1.45 bits per heavy atom. The zero-order valence-electron chi connectivity index (χ0n) is 11.0. The Kier molecular flexibility index (Phi) is 4.05. The summed E-state index contributed by atoms with van der Waals surface area (Å²) in [4.78, 5) is 14.8. The van der Waals surface area contributed by atoms with Gasteiger partial charge >= 0.3 is 5.97 Å². The molecule has 1 aromatic heterocycles. The zero-order valence-corrected chi connectivity index (χ0v) is 11.0. The predicted molar refractivity (Wildman–Crippen MR) is 75.9 cm³/mol. The van der Waals surface area contributed by atoms with Crippen molar-refractivity contribution in [1.82, 2.24) is 4.98 Å². The average molecular weight is 273 g/mol. The number of methoxy groups -OCH3 is 1. The number of aromatic carboxylic acids is 1. The third kappa shape index (κ3) is 3.17.